The number of carbonyl (C=O) groups is 2. The van der Waals surface area contributed by atoms with Crippen LogP contribution in [0.4, 0.5) is 0 Å². The lowest BCUT2D eigenvalue weighted by Crippen LogP contribution is -2.31. The summed E-state index contributed by atoms with van der Waals surface area (Å²) in [5.74, 6) is -1.95. The number of likely N-dealkylation sites (N-methyl/N-ethyl adjacent to an activating group) is 1. The molecule has 0 bridgehead atoms. The number of halogens is 2. The minimum Gasteiger partial charge on any atom is -0.380 e. The fourth-order valence-electron chi connectivity index (χ4n) is 4.26. The number of primary amides is 2. The first-order valence-electron chi connectivity index (χ1n) is 11.4. The van der Waals surface area contributed by atoms with E-state index in [1.165, 1.54) is 0 Å². The van der Waals surface area contributed by atoms with Crippen LogP contribution in [0, 0.1) is 5.92 Å². The maximum absolute atomic E-state index is 12.7. The molecule has 0 spiro atoms. The highest BCUT2D eigenvalue weighted by atomic mass is 35.5. The first-order chi connectivity index (χ1) is 17.0. The molecule has 0 aliphatic carbocycles. The molecule has 0 radical (unpaired) electrons. The topological polar surface area (TPSA) is 145 Å². The zero-order valence-corrected chi connectivity index (χ0v) is 22.2. The average molecular weight is 558 g/mol. The number of hydrogen-bond donors (Lipinski definition) is 3. The van der Waals surface area contributed by atoms with Gasteiger partial charge in [0.25, 0.3) is 0 Å². The van der Waals surface area contributed by atoms with Crippen LogP contribution in [-0.4, -0.2) is 58.5 Å². The Balaban J connectivity index is 1.57. The highest BCUT2D eigenvalue weighted by Crippen LogP contribution is 2.38. The van der Waals surface area contributed by atoms with Crippen molar-refractivity contribution in [2.75, 3.05) is 33.4 Å². The van der Waals surface area contributed by atoms with Crippen LogP contribution < -0.4 is 16.2 Å². The predicted octanol–water partition coefficient (Wildman–Crippen LogP) is 2.23. The number of rotatable bonds is 12. The molecule has 2 aromatic rings. The molecule has 196 valence electrons. The summed E-state index contributed by atoms with van der Waals surface area (Å²) in [5.41, 5.74) is 13.4. The molecule has 2 unspecified atom stereocenters. The molecular formula is C24H30Cl2N4O5S. The van der Waals surface area contributed by atoms with Crippen LogP contribution in [0.15, 0.2) is 41.3 Å². The fourth-order valence-corrected chi connectivity index (χ4v) is 5.84. The average Bonchev–Trinajstić information content (AvgIpc) is 2.80. The Kier molecular flexibility index (Phi) is 9.73. The van der Waals surface area contributed by atoms with Gasteiger partial charge in [0.2, 0.25) is 21.8 Å². The first kappa shape index (κ1) is 28.4. The standard InChI is InChI=1S/C24H30Cl2N4O5S/c1-30-13-20(19-11-17(25)12-22(26)21(19)14-30)15-2-4-18(5-3-15)36(33,34)29-7-9-35-8-6-16(24(28)32)10-23(27)31/h2-5,11-12,16,20,29H,6-10,13-14H2,1H3,(H2,27,31)(H2,28,32). The van der Waals surface area contributed by atoms with Crippen LogP contribution in [0.25, 0.3) is 0 Å². The van der Waals surface area contributed by atoms with E-state index in [1.807, 2.05) is 13.1 Å². The summed E-state index contributed by atoms with van der Waals surface area (Å²) in [6, 6.07) is 10.4. The summed E-state index contributed by atoms with van der Waals surface area (Å²) in [6.07, 6.45) is 0.0759. The van der Waals surface area contributed by atoms with Gasteiger partial charge in [-0.05, 0) is 54.4 Å². The number of nitrogens with zero attached hydrogens (tertiary/aromatic N) is 1. The van der Waals surface area contributed by atoms with Crippen molar-refractivity contribution < 1.29 is 22.7 Å². The Bertz CT molecular complexity index is 1210. The van der Waals surface area contributed by atoms with Gasteiger partial charge < -0.3 is 21.1 Å². The summed E-state index contributed by atoms with van der Waals surface area (Å²) in [4.78, 5) is 24.6. The lowest BCUT2D eigenvalue weighted by molar-refractivity contribution is -0.127. The molecule has 9 nitrogen and oxygen atoms in total. The lowest BCUT2D eigenvalue weighted by atomic mass is 9.85. The SMILES string of the molecule is CN1Cc2c(Cl)cc(Cl)cc2C(c2ccc(S(=O)(=O)NCCOCCC(CC(N)=O)C(N)=O)cc2)C1. The van der Waals surface area contributed by atoms with Gasteiger partial charge in [0.05, 0.1) is 11.5 Å². The maximum Gasteiger partial charge on any atom is 0.240 e. The number of amides is 2. The van der Waals surface area contributed by atoms with Crippen LogP contribution >= 0.6 is 23.2 Å². The van der Waals surface area contributed by atoms with Gasteiger partial charge in [0, 0.05) is 54.5 Å². The second-order valence-electron chi connectivity index (χ2n) is 8.84. The van der Waals surface area contributed by atoms with Crippen LogP contribution in [0.1, 0.15) is 35.4 Å². The van der Waals surface area contributed by atoms with Crippen molar-refractivity contribution >= 4 is 45.0 Å². The van der Waals surface area contributed by atoms with Crippen molar-refractivity contribution in [2.24, 2.45) is 17.4 Å². The molecule has 2 aromatic carbocycles. The van der Waals surface area contributed by atoms with E-state index in [1.54, 1.807) is 30.3 Å². The van der Waals surface area contributed by atoms with E-state index in [-0.39, 0.29) is 43.4 Å². The Morgan fingerprint density at radius 1 is 1.17 bits per heavy atom. The Morgan fingerprint density at radius 2 is 1.86 bits per heavy atom. The molecule has 1 heterocycles. The van der Waals surface area contributed by atoms with E-state index in [0.29, 0.717) is 16.6 Å². The number of carbonyl (C=O) groups excluding carboxylic acids is 2. The largest absolute Gasteiger partial charge is 0.380 e. The third kappa shape index (κ3) is 7.41. The van der Waals surface area contributed by atoms with Gasteiger partial charge in [-0.25, -0.2) is 13.1 Å². The number of nitrogens with two attached hydrogens (primary N) is 2. The van der Waals surface area contributed by atoms with Crippen molar-refractivity contribution in [3.05, 3.63) is 63.1 Å². The Labute approximate surface area is 221 Å². The molecule has 5 N–H and O–H groups in total. The Hall–Kier alpha value is -2.21. The molecular weight excluding hydrogens is 527 g/mol. The van der Waals surface area contributed by atoms with E-state index < -0.39 is 27.8 Å². The summed E-state index contributed by atoms with van der Waals surface area (Å²) in [7, 11) is -1.73. The lowest BCUT2D eigenvalue weighted by Gasteiger charge is -2.33. The molecule has 3 rings (SSSR count). The molecule has 0 saturated carbocycles. The van der Waals surface area contributed by atoms with Gasteiger partial charge in [0.15, 0.2) is 0 Å². The molecule has 1 aliphatic rings. The van der Waals surface area contributed by atoms with E-state index in [2.05, 4.69) is 9.62 Å². The minimum atomic E-state index is -3.74. The molecule has 0 saturated heterocycles. The molecule has 0 fully saturated rings. The van der Waals surface area contributed by atoms with E-state index >= 15 is 0 Å². The smallest absolute Gasteiger partial charge is 0.240 e. The molecule has 36 heavy (non-hydrogen) atoms. The number of ether oxygens (including phenoxy) is 1. The second-order valence-corrected chi connectivity index (χ2v) is 11.5. The third-order valence-electron chi connectivity index (χ3n) is 6.08. The Morgan fingerprint density at radius 3 is 2.50 bits per heavy atom. The number of hydrogen-bond acceptors (Lipinski definition) is 6. The van der Waals surface area contributed by atoms with Gasteiger partial charge in [-0.1, -0.05) is 35.3 Å². The zero-order chi connectivity index (χ0) is 26.5. The van der Waals surface area contributed by atoms with Crippen LogP contribution in [0.3, 0.4) is 0 Å². The third-order valence-corrected chi connectivity index (χ3v) is 8.12. The van der Waals surface area contributed by atoms with Gasteiger partial charge in [0.1, 0.15) is 0 Å². The molecule has 2 atom stereocenters. The van der Waals surface area contributed by atoms with Crippen molar-refractivity contribution in [1.29, 1.82) is 0 Å². The number of benzene rings is 2. The van der Waals surface area contributed by atoms with E-state index in [9.17, 15) is 18.0 Å². The second kappa shape index (κ2) is 12.4. The van der Waals surface area contributed by atoms with E-state index in [0.717, 1.165) is 23.2 Å². The predicted molar refractivity (Wildman–Crippen MR) is 138 cm³/mol. The fraction of sp³-hybridized carbons (Fsp3) is 0.417. The number of fused-ring (bicyclic) bond motifs is 1. The summed E-state index contributed by atoms with van der Waals surface area (Å²) >= 11 is 12.7. The van der Waals surface area contributed by atoms with Crippen molar-refractivity contribution in [3.8, 4) is 0 Å². The monoisotopic (exact) mass is 556 g/mol. The molecule has 0 aromatic heterocycles. The van der Waals surface area contributed by atoms with Crippen LogP contribution in [0.5, 0.6) is 0 Å². The van der Waals surface area contributed by atoms with Crippen LogP contribution in [-0.2, 0) is 30.9 Å². The number of nitrogens with one attached hydrogen (secondary N) is 1. The quantitative estimate of drug-likeness (QED) is 0.342. The van der Waals surface area contributed by atoms with Crippen molar-refractivity contribution in [1.82, 2.24) is 9.62 Å². The van der Waals surface area contributed by atoms with Gasteiger partial charge >= 0.3 is 0 Å². The minimum absolute atomic E-state index is 0.00635. The summed E-state index contributed by atoms with van der Waals surface area (Å²) < 4.78 is 33.2. The van der Waals surface area contributed by atoms with Gasteiger partial charge in [-0.3, -0.25) is 9.59 Å². The summed E-state index contributed by atoms with van der Waals surface area (Å²) in [5, 5.41) is 1.19. The first-order valence-corrected chi connectivity index (χ1v) is 13.6. The van der Waals surface area contributed by atoms with Crippen molar-refractivity contribution in [2.45, 2.75) is 30.2 Å². The van der Waals surface area contributed by atoms with Crippen LogP contribution in [0.2, 0.25) is 10.0 Å². The highest BCUT2D eigenvalue weighted by Gasteiger charge is 2.27. The maximum atomic E-state index is 12.7. The highest BCUT2D eigenvalue weighted by molar-refractivity contribution is 7.89. The van der Waals surface area contributed by atoms with Gasteiger partial charge in [-0.2, -0.15) is 0 Å². The molecule has 12 heteroatoms. The van der Waals surface area contributed by atoms with Crippen molar-refractivity contribution in [3.63, 3.8) is 0 Å². The zero-order valence-electron chi connectivity index (χ0n) is 19.9. The number of sulfonamides is 1. The van der Waals surface area contributed by atoms with E-state index in [4.69, 9.17) is 39.4 Å². The summed E-state index contributed by atoms with van der Waals surface area (Å²) in [6.45, 7) is 1.74. The molecule has 1 aliphatic heterocycles. The normalized spacial score (nSPS) is 16.9. The van der Waals surface area contributed by atoms with Gasteiger partial charge in [-0.15, -0.1) is 0 Å². The molecule has 2 amide bonds.